The minimum Gasteiger partial charge on any atom is -0.481 e. The number of amides is 1. The number of fused-ring (bicyclic) bond motifs is 1. The Labute approximate surface area is 170 Å². The van der Waals surface area contributed by atoms with Crippen molar-refractivity contribution in [3.8, 4) is 0 Å². The number of nitrogens with zero attached hydrogens (tertiary/aromatic N) is 1. The highest BCUT2D eigenvalue weighted by Crippen LogP contribution is 2.42. The van der Waals surface area contributed by atoms with Crippen molar-refractivity contribution in [2.75, 3.05) is 18.1 Å². The van der Waals surface area contributed by atoms with Crippen molar-refractivity contribution in [3.63, 3.8) is 0 Å². The van der Waals surface area contributed by atoms with Crippen LogP contribution in [0.25, 0.3) is 0 Å². The molecule has 3 rings (SSSR count). The molecule has 0 radical (unpaired) electrons. The Morgan fingerprint density at radius 3 is 2.34 bits per heavy atom. The van der Waals surface area contributed by atoms with E-state index in [9.17, 15) is 19.1 Å². The molecule has 2 aromatic rings. The minimum atomic E-state index is -1.20. The number of rotatable bonds is 4. The van der Waals surface area contributed by atoms with Crippen molar-refractivity contribution in [2.24, 2.45) is 5.41 Å². The van der Waals surface area contributed by atoms with Crippen molar-refractivity contribution in [1.82, 2.24) is 0 Å². The van der Waals surface area contributed by atoms with E-state index in [4.69, 9.17) is 4.74 Å². The third kappa shape index (κ3) is 4.42. The average molecular weight is 399 g/mol. The largest absolute Gasteiger partial charge is 0.481 e. The number of carboxylic acid groups (broad SMARTS) is 1. The number of ether oxygens (including phenoxy) is 1. The fourth-order valence-corrected chi connectivity index (χ4v) is 3.40. The molecule has 0 fully saturated rings. The van der Waals surface area contributed by atoms with Crippen LogP contribution in [0.4, 0.5) is 14.9 Å². The van der Waals surface area contributed by atoms with Gasteiger partial charge in [0.05, 0.1) is 12.3 Å². The maximum absolute atomic E-state index is 13.1. The predicted molar refractivity (Wildman–Crippen MR) is 109 cm³/mol. The molecule has 0 spiro atoms. The smallest absolute Gasteiger partial charge is 0.414 e. The molecule has 1 aliphatic heterocycles. The monoisotopic (exact) mass is 399 g/mol. The number of benzene rings is 2. The molecule has 5 nitrogen and oxygen atoms in total. The summed E-state index contributed by atoms with van der Waals surface area (Å²) in [6.45, 7) is 7.74. The number of halogens is 1. The first kappa shape index (κ1) is 20.8. The van der Waals surface area contributed by atoms with E-state index >= 15 is 0 Å². The van der Waals surface area contributed by atoms with Gasteiger partial charge in [-0.05, 0) is 53.6 Å². The zero-order valence-corrected chi connectivity index (χ0v) is 17.2. The Balaban J connectivity index is 1.93. The molecular weight excluding hydrogens is 373 g/mol. The van der Waals surface area contributed by atoms with Crippen molar-refractivity contribution in [2.45, 2.75) is 39.5 Å². The van der Waals surface area contributed by atoms with Gasteiger partial charge in [0.2, 0.25) is 0 Å². The summed E-state index contributed by atoms with van der Waals surface area (Å²) in [5, 5.41) is 9.79. The number of carbonyl (C=O) groups excluding carboxylic acids is 1. The van der Waals surface area contributed by atoms with Crippen molar-refractivity contribution >= 4 is 17.7 Å². The summed E-state index contributed by atoms with van der Waals surface area (Å²) in [6, 6.07) is 11.7. The molecule has 1 amide bonds. The summed E-state index contributed by atoms with van der Waals surface area (Å²) in [5.74, 6) is -1.29. The van der Waals surface area contributed by atoms with E-state index in [-0.39, 0.29) is 24.4 Å². The van der Waals surface area contributed by atoms with Crippen molar-refractivity contribution in [1.29, 1.82) is 0 Å². The molecule has 1 heterocycles. The van der Waals surface area contributed by atoms with E-state index < -0.39 is 17.5 Å². The van der Waals surface area contributed by atoms with Crippen LogP contribution in [0.3, 0.4) is 0 Å². The standard InChI is InChI=1S/C23H26FNO4/c1-22(2,3)14-29-21(28)25-13-23(4,20(26)27)18-10-7-16(12-19(18)25)11-15-5-8-17(24)9-6-15/h5-10,12H,11,13-14H2,1-4H3,(H,26,27). The van der Waals surface area contributed by atoms with E-state index in [1.807, 2.05) is 32.9 Å². The molecule has 0 aliphatic carbocycles. The predicted octanol–water partition coefficient (Wildman–Crippen LogP) is 4.76. The summed E-state index contributed by atoms with van der Waals surface area (Å²) < 4.78 is 18.6. The summed E-state index contributed by atoms with van der Waals surface area (Å²) >= 11 is 0. The fourth-order valence-electron chi connectivity index (χ4n) is 3.40. The van der Waals surface area contributed by atoms with Gasteiger partial charge in [0, 0.05) is 6.54 Å². The quantitative estimate of drug-likeness (QED) is 0.805. The molecule has 154 valence electrons. The normalized spacial score (nSPS) is 18.4. The Morgan fingerprint density at radius 1 is 1.14 bits per heavy atom. The van der Waals surface area contributed by atoms with Gasteiger partial charge in [-0.15, -0.1) is 0 Å². The third-order valence-corrected chi connectivity index (χ3v) is 5.06. The van der Waals surface area contributed by atoms with Crippen LogP contribution in [-0.2, 0) is 21.4 Å². The van der Waals surface area contributed by atoms with Gasteiger partial charge < -0.3 is 9.84 Å². The van der Waals surface area contributed by atoms with Crippen LogP contribution in [0.5, 0.6) is 0 Å². The van der Waals surface area contributed by atoms with Gasteiger partial charge in [-0.1, -0.05) is 45.0 Å². The second-order valence-electron chi connectivity index (χ2n) is 8.99. The van der Waals surface area contributed by atoms with E-state index in [2.05, 4.69) is 0 Å². The highest BCUT2D eigenvalue weighted by atomic mass is 19.1. The van der Waals surface area contributed by atoms with Crippen LogP contribution in [0, 0.1) is 11.2 Å². The van der Waals surface area contributed by atoms with Crippen LogP contribution in [0.1, 0.15) is 44.4 Å². The van der Waals surface area contributed by atoms with E-state index in [0.717, 1.165) is 11.1 Å². The molecule has 1 aliphatic rings. The Hall–Kier alpha value is -2.89. The molecular formula is C23H26FNO4. The molecule has 0 aromatic heterocycles. The Bertz CT molecular complexity index is 933. The van der Waals surface area contributed by atoms with Crippen molar-refractivity contribution in [3.05, 3.63) is 65.0 Å². The highest BCUT2D eigenvalue weighted by Gasteiger charge is 2.47. The zero-order chi connectivity index (χ0) is 21.4. The summed E-state index contributed by atoms with van der Waals surface area (Å²) in [5.41, 5.74) is 1.56. The number of carbonyl (C=O) groups is 2. The summed E-state index contributed by atoms with van der Waals surface area (Å²) in [7, 11) is 0. The number of carboxylic acids is 1. The average Bonchev–Trinajstić information content (AvgIpc) is 2.95. The molecule has 2 aromatic carbocycles. The lowest BCUT2D eigenvalue weighted by molar-refractivity contribution is -0.142. The van der Waals surface area contributed by atoms with Crippen LogP contribution < -0.4 is 4.90 Å². The first-order valence-corrected chi connectivity index (χ1v) is 9.55. The minimum absolute atomic E-state index is 0.0145. The number of hydrogen-bond acceptors (Lipinski definition) is 3. The highest BCUT2D eigenvalue weighted by molar-refractivity contribution is 5.97. The third-order valence-electron chi connectivity index (χ3n) is 5.06. The van der Waals surface area contributed by atoms with Gasteiger partial charge in [0.1, 0.15) is 11.2 Å². The lowest BCUT2D eigenvalue weighted by Crippen LogP contribution is -2.41. The lowest BCUT2D eigenvalue weighted by atomic mass is 9.84. The zero-order valence-electron chi connectivity index (χ0n) is 17.2. The van der Waals surface area contributed by atoms with Crippen LogP contribution in [0.2, 0.25) is 0 Å². The van der Waals surface area contributed by atoms with Gasteiger partial charge in [-0.25, -0.2) is 9.18 Å². The lowest BCUT2D eigenvalue weighted by Gasteiger charge is -2.23. The van der Waals surface area contributed by atoms with E-state index in [1.54, 1.807) is 25.1 Å². The first-order valence-electron chi connectivity index (χ1n) is 9.55. The number of anilines is 1. The molecule has 1 unspecified atom stereocenters. The van der Waals surface area contributed by atoms with E-state index in [0.29, 0.717) is 17.7 Å². The molecule has 0 saturated heterocycles. The molecule has 1 N–H and O–H groups in total. The molecule has 0 bridgehead atoms. The molecule has 1 atom stereocenters. The summed E-state index contributed by atoms with van der Waals surface area (Å²) in [6.07, 6.45) is -0.00698. The maximum Gasteiger partial charge on any atom is 0.414 e. The van der Waals surface area contributed by atoms with Crippen molar-refractivity contribution < 1.29 is 23.8 Å². The van der Waals surface area contributed by atoms with Gasteiger partial charge in [0.25, 0.3) is 0 Å². The first-order chi connectivity index (χ1) is 13.5. The maximum atomic E-state index is 13.1. The topological polar surface area (TPSA) is 66.8 Å². The van der Waals surface area contributed by atoms with Gasteiger partial charge in [0.15, 0.2) is 0 Å². The molecule has 0 saturated carbocycles. The van der Waals surface area contributed by atoms with Gasteiger partial charge in [-0.3, -0.25) is 9.69 Å². The Morgan fingerprint density at radius 2 is 1.76 bits per heavy atom. The van der Waals surface area contributed by atoms with Gasteiger partial charge >= 0.3 is 12.1 Å². The Kier molecular flexibility index (Phi) is 5.39. The molecule has 6 heteroatoms. The second-order valence-corrected chi connectivity index (χ2v) is 8.99. The SMILES string of the molecule is CC(C)(C)COC(=O)N1CC(C)(C(=O)O)c2ccc(Cc3ccc(F)cc3)cc21. The number of hydrogen-bond donors (Lipinski definition) is 1. The van der Waals surface area contributed by atoms with Crippen LogP contribution >= 0.6 is 0 Å². The van der Waals surface area contributed by atoms with Crippen LogP contribution in [-0.4, -0.2) is 30.3 Å². The summed E-state index contributed by atoms with van der Waals surface area (Å²) in [4.78, 5) is 26.1. The second kappa shape index (κ2) is 7.50. The fraction of sp³-hybridized carbons (Fsp3) is 0.391. The van der Waals surface area contributed by atoms with E-state index in [1.165, 1.54) is 17.0 Å². The van der Waals surface area contributed by atoms with Crippen LogP contribution in [0.15, 0.2) is 42.5 Å². The molecule has 29 heavy (non-hydrogen) atoms. The van der Waals surface area contributed by atoms with Gasteiger partial charge in [-0.2, -0.15) is 0 Å². The number of aliphatic carboxylic acids is 1.